The number of rotatable bonds is 8. The van der Waals surface area contributed by atoms with Crippen LogP contribution in [0.15, 0.2) is 24.3 Å². The Morgan fingerprint density at radius 2 is 1.70 bits per heavy atom. The fourth-order valence-electron chi connectivity index (χ4n) is 6.82. The van der Waals surface area contributed by atoms with Crippen LogP contribution in [0.2, 0.25) is 5.15 Å². The average Bonchev–Trinajstić information content (AvgIpc) is 3.28. The highest BCUT2D eigenvalue weighted by Crippen LogP contribution is 2.51. The second-order valence-electron chi connectivity index (χ2n) is 11.3. The number of carboxylic acid groups (broad SMARTS) is 1. The van der Waals surface area contributed by atoms with Gasteiger partial charge in [0.15, 0.2) is 17.3 Å². The summed E-state index contributed by atoms with van der Waals surface area (Å²) >= 11 is 6.19. The number of anilines is 2. The van der Waals surface area contributed by atoms with E-state index in [1.54, 1.807) is 12.1 Å². The van der Waals surface area contributed by atoms with Crippen LogP contribution in [0.25, 0.3) is 0 Å². The molecule has 1 unspecified atom stereocenters. The van der Waals surface area contributed by atoms with E-state index in [9.17, 15) is 18.4 Å². The molecule has 0 spiro atoms. The Kier molecular flexibility index (Phi) is 8.35. The number of hydrogen-bond donors (Lipinski definition) is 4. The number of carboxylic acids is 1. The first kappa shape index (κ1) is 28.4. The molecule has 0 bridgehead atoms. The van der Waals surface area contributed by atoms with Crippen molar-refractivity contribution in [3.8, 4) is 5.88 Å². The molecule has 3 aliphatic rings. The summed E-state index contributed by atoms with van der Waals surface area (Å²) in [7, 11) is 1.46. The summed E-state index contributed by atoms with van der Waals surface area (Å²) in [6.45, 7) is 0. The third-order valence-corrected chi connectivity index (χ3v) is 8.91. The van der Waals surface area contributed by atoms with Gasteiger partial charge in [-0.2, -0.15) is 0 Å². The van der Waals surface area contributed by atoms with Crippen molar-refractivity contribution >= 4 is 34.9 Å². The molecule has 2 saturated carbocycles. The lowest BCUT2D eigenvalue weighted by Gasteiger charge is -2.44. The predicted octanol–water partition coefficient (Wildman–Crippen LogP) is 6.06. The number of halogens is 3. The molecule has 40 heavy (non-hydrogen) atoms. The number of pyridine rings is 1. The summed E-state index contributed by atoms with van der Waals surface area (Å²) in [5.74, 6) is -3.41. The Morgan fingerprint density at radius 1 is 1.07 bits per heavy atom. The van der Waals surface area contributed by atoms with Crippen molar-refractivity contribution in [1.29, 1.82) is 0 Å². The van der Waals surface area contributed by atoms with E-state index in [0.717, 1.165) is 57.1 Å². The number of nitrogens with one attached hydrogen (secondary N) is 3. The first-order chi connectivity index (χ1) is 19.2. The van der Waals surface area contributed by atoms with Crippen molar-refractivity contribution in [1.82, 2.24) is 10.3 Å². The number of aromatic nitrogens is 1. The lowest BCUT2D eigenvalue weighted by molar-refractivity contribution is -0.138. The van der Waals surface area contributed by atoms with Crippen molar-refractivity contribution in [2.45, 2.75) is 75.9 Å². The molecule has 5 rings (SSSR count). The molecule has 2 aliphatic carbocycles. The van der Waals surface area contributed by atoms with Crippen LogP contribution >= 0.6 is 11.6 Å². The summed E-state index contributed by atoms with van der Waals surface area (Å²) in [4.78, 5) is 29.9. The standard InChI is InChI=1S/C29H35ClF2N4O4/c1-40-28-19(11-12-24(30)34-28)29(35-22-14-20(31)21(32)15-23(22)36-29)26(17-5-3-2-4-6-17)27(39)33-18-9-7-16(8-10-18)13-25(37)38/h11-12,14-18,26,35-36H,2-10,13H2,1H3,(H,33,39)(H,37,38). The number of aliphatic carboxylic acids is 1. The summed E-state index contributed by atoms with van der Waals surface area (Å²) in [5.41, 5.74) is -0.150. The molecule has 1 amide bonds. The maximum absolute atomic E-state index is 14.4. The highest BCUT2D eigenvalue weighted by Gasteiger charge is 2.54. The zero-order valence-corrected chi connectivity index (χ0v) is 23.2. The minimum absolute atomic E-state index is 0.0403. The molecule has 4 N–H and O–H groups in total. The van der Waals surface area contributed by atoms with Gasteiger partial charge >= 0.3 is 5.97 Å². The van der Waals surface area contributed by atoms with Crippen LogP contribution in [0.5, 0.6) is 5.88 Å². The number of carbonyl (C=O) groups is 2. The van der Waals surface area contributed by atoms with E-state index in [0.29, 0.717) is 29.8 Å². The number of benzene rings is 1. The molecule has 8 nitrogen and oxygen atoms in total. The summed E-state index contributed by atoms with van der Waals surface area (Å²) in [6, 6.07) is 5.43. The highest BCUT2D eigenvalue weighted by atomic mass is 35.5. The van der Waals surface area contributed by atoms with E-state index in [4.69, 9.17) is 21.4 Å². The molecule has 0 saturated heterocycles. The number of ether oxygens (including phenoxy) is 1. The van der Waals surface area contributed by atoms with Gasteiger partial charge in [-0.05, 0) is 62.5 Å². The molecule has 216 valence electrons. The minimum atomic E-state index is -1.32. The van der Waals surface area contributed by atoms with Crippen molar-refractivity contribution in [3.05, 3.63) is 46.6 Å². The van der Waals surface area contributed by atoms with Crippen molar-refractivity contribution in [3.63, 3.8) is 0 Å². The molecule has 1 aromatic carbocycles. The third-order valence-electron chi connectivity index (χ3n) is 8.70. The van der Waals surface area contributed by atoms with Gasteiger partial charge < -0.3 is 25.8 Å². The molecule has 1 aliphatic heterocycles. The first-order valence-electron chi connectivity index (χ1n) is 14.0. The van der Waals surface area contributed by atoms with Crippen LogP contribution < -0.4 is 20.7 Å². The van der Waals surface area contributed by atoms with Gasteiger partial charge in [-0.1, -0.05) is 30.9 Å². The van der Waals surface area contributed by atoms with Crippen molar-refractivity contribution < 1.29 is 28.2 Å². The molecular formula is C29H35ClF2N4O4. The maximum Gasteiger partial charge on any atom is 0.303 e. The van der Waals surface area contributed by atoms with Gasteiger partial charge in [-0.15, -0.1) is 0 Å². The summed E-state index contributed by atoms with van der Waals surface area (Å²) in [6.07, 6.45) is 7.63. The van der Waals surface area contributed by atoms with E-state index in [-0.39, 0.29) is 41.2 Å². The lowest BCUT2D eigenvalue weighted by atomic mass is 9.71. The van der Waals surface area contributed by atoms with Crippen LogP contribution in [0.4, 0.5) is 20.2 Å². The average molecular weight is 577 g/mol. The van der Waals surface area contributed by atoms with E-state index in [1.807, 2.05) is 0 Å². The van der Waals surface area contributed by atoms with Crippen LogP contribution in [-0.2, 0) is 15.3 Å². The molecule has 2 aromatic rings. The Morgan fingerprint density at radius 3 is 2.27 bits per heavy atom. The van der Waals surface area contributed by atoms with E-state index in [2.05, 4.69) is 20.9 Å². The Hall–Kier alpha value is -3.14. The SMILES string of the molecule is COc1nc(Cl)ccc1C1(C(C(=O)NC2CCC(CC(=O)O)CC2)C2CCCCC2)Nc2cc(F)c(F)cc2N1. The number of carbonyl (C=O) groups excluding carboxylic acids is 1. The molecule has 1 atom stereocenters. The molecule has 11 heteroatoms. The van der Waals surface area contributed by atoms with Gasteiger partial charge in [0.05, 0.1) is 30.0 Å². The van der Waals surface area contributed by atoms with E-state index >= 15 is 0 Å². The molecule has 0 radical (unpaired) electrons. The number of hydrogen-bond acceptors (Lipinski definition) is 6. The van der Waals surface area contributed by atoms with Crippen molar-refractivity contribution in [2.24, 2.45) is 17.8 Å². The number of amides is 1. The first-order valence-corrected chi connectivity index (χ1v) is 14.4. The quantitative estimate of drug-likeness (QED) is 0.283. The maximum atomic E-state index is 14.4. The van der Waals surface area contributed by atoms with Gasteiger partial charge in [-0.3, -0.25) is 9.59 Å². The zero-order chi connectivity index (χ0) is 28.4. The van der Waals surface area contributed by atoms with Gasteiger partial charge in [0.1, 0.15) is 5.15 Å². The van der Waals surface area contributed by atoms with E-state index in [1.165, 1.54) is 7.11 Å². The van der Waals surface area contributed by atoms with Crippen molar-refractivity contribution in [2.75, 3.05) is 17.7 Å². The van der Waals surface area contributed by atoms with Crippen LogP contribution in [-0.4, -0.2) is 35.1 Å². The fraction of sp³-hybridized carbons (Fsp3) is 0.552. The van der Waals surface area contributed by atoms with Crippen LogP contribution in [0, 0.1) is 29.4 Å². The molecule has 1 aromatic heterocycles. The molecule has 2 heterocycles. The monoisotopic (exact) mass is 576 g/mol. The summed E-state index contributed by atoms with van der Waals surface area (Å²) < 4.78 is 34.3. The fourth-order valence-corrected chi connectivity index (χ4v) is 6.96. The largest absolute Gasteiger partial charge is 0.481 e. The topological polar surface area (TPSA) is 113 Å². The lowest BCUT2D eigenvalue weighted by Crippen LogP contribution is -2.57. The zero-order valence-electron chi connectivity index (χ0n) is 22.4. The Labute approximate surface area is 237 Å². The second kappa shape index (κ2) is 11.8. The number of fused-ring (bicyclic) bond motifs is 1. The highest BCUT2D eigenvalue weighted by molar-refractivity contribution is 6.29. The number of nitrogens with zero attached hydrogens (tertiary/aromatic N) is 1. The third kappa shape index (κ3) is 5.68. The predicted molar refractivity (Wildman–Crippen MR) is 147 cm³/mol. The van der Waals surface area contributed by atoms with Crippen LogP contribution in [0.3, 0.4) is 0 Å². The molecular weight excluding hydrogens is 542 g/mol. The number of methoxy groups -OCH3 is 1. The smallest absolute Gasteiger partial charge is 0.303 e. The van der Waals surface area contributed by atoms with E-state index < -0.39 is 29.2 Å². The second-order valence-corrected chi connectivity index (χ2v) is 11.6. The normalized spacial score (nSPS) is 22.9. The molecule has 2 fully saturated rings. The van der Waals surface area contributed by atoms with Gasteiger partial charge in [0, 0.05) is 24.6 Å². The van der Waals surface area contributed by atoms with Crippen LogP contribution in [0.1, 0.15) is 69.8 Å². The Balaban J connectivity index is 1.54. The Bertz CT molecular complexity index is 1230. The van der Waals surface area contributed by atoms with Gasteiger partial charge in [0.25, 0.3) is 0 Å². The summed E-state index contributed by atoms with van der Waals surface area (Å²) in [5, 5.41) is 19.4. The van der Waals surface area contributed by atoms with Gasteiger partial charge in [-0.25, -0.2) is 13.8 Å². The van der Waals surface area contributed by atoms with Gasteiger partial charge in [0.2, 0.25) is 11.8 Å². The minimum Gasteiger partial charge on any atom is -0.481 e.